The maximum Gasteiger partial charge on any atom is 0.261 e. The predicted molar refractivity (Wildman–Crippen MR) is 111 cm³/mol. The summed E-state index contributed by atoms with van der Waals surface area (Å²) < 4.78 is 1.53. The molecule has 0 unspecified atom stereocenters. The van der Waals surface area contributed by atoms with Gasteiger partial charge in [-0.25, -0.2) is 4.98 Å². The Balaban J connectivity index is 1.72. The summed E-state index contributed by atoms with van der Waals surface area (Å²) in [5, 5.41) is 3.70. The van der Waals surface area contributed by atoms with Crippen molar-refractivity contribution in [3.05, 3.63) is 76.3 Å². The summed E-state index contributed by atoms with van der Waals surface area (Å²) in [6.07, 6.45) is 0.682. The highest BCUT2D eigenvalue weighted by molar-refractivity contribution is 5.78. The zero-order valence-electron chi connectivity index (χ0n) is 16.6. The number of aromatic nitrogens is 2. The van der Waals surface area contributed by atoms with E-state index in [0.29, 0.717) is 29.7 Å². The van der Waals surface area contributed by atoms with Crippen LogP contribution in [0.3, 0.4) is 0 Å². The first-order chi connectivity index (χ1) is 13.5. The fourth-order valence-electron chi connectivity index (χ4n) is 3.26. The second-order valence-corrected chi connectivity index (χ2v) is 7.20. The molecule has 0 fully saturated rings. The third kappa shape index (κ3) is 4.64. The van der Waals surface area contributed by atoms with Gasteiger partial charge in [-0.2, -0.15) is 0 Å². The molecule has 6 nitrogen and oxygen atoms in total. The van der Waals surface area contributed by atoms with E-state index in [4.69, 9.17) is 0 Å². The summed E-state index contributed by atoms with van der Waals surface area (Å²) in [5.74, 6) is 0.556. The second-order valence-electron chi connectivity index (χ2n) is 7.20. The number of amides is 1. The van der Waals surface area contributed by atoms with Gasteiger partial charge in [-0.05, 0) is 31.8 Å². The number of rotatable bonds is 7. The third-order valence-corrected chi connectivity index (χ3v) is 4.74. The Labute approximate surface area is 164 Å². The molecule has 6 heteroatoms. The normalized spacial score (nSPS) is 12.3. The van der Waals surface area contributed by atoms with Gasteiger partial charge in [0.2, 0.25) is 5.91 Å². The smallest absolute Gasteiger partial charge is 0.261 e. The van der Waals surface area contributed by atoms with Crippen LogP contribution in [-0.2, 0) is 18.3 Å². The Morgan fingerprint density at radius 3 is 2.50 bits per heavy atom. The number of aryl methyl sites for hydroxylation is 1. The van der Waals surface area contributed by atoms with Crippen LogP contribution in [0.15, 0.2) is 59.4 Å². The average Bonchev–Trinajstić information content (AvgIpc) is 2.69. The molecule has 28 heavy (non-hydrogen) atoms. The molecule has 0 saturated heterocycles. The van der Waals surface area contributed by atoms with Crippen molar-refractivity contribution in [3.63, 3.8) is 0 Å². The molecule has 1 heterocycles. The molecule has 1 aromatic heterocycles. The summed E-state index contributed by atoms with van der Waals surface area (Å²) in [4.78, 5) is 31.7. The van der Waals surface area contributed by atoms with Crippen molar-refractivity contribution < 1.29 is 4.79 Å². The lowest BCUT2D eigenvalue weighted by Crippen LogP contribution is -2.35. The van der Waals surface area contributed by atoms with Crippen LogP contribution in [0, 0.1) is 0 Å². The number of nitrogens with one attached hydrogen (secondary N) is 1. The SMILES string of the molecule is CN(C)C[C@H](NC(=O)CCc1nc2ccccc2c(=O)n1C)c1ccccc1. The molecule has 0 spiro atoms. The van der Waals surface area contributed by atoms with E-state index >= 15 is 0 Å². The lowest BCUT2D eigenvalue weighted by atomic mass is 10.1. The van der Waals surface area contributed by atoms with Crippen LogP contribution >= 0.6 is 0 Å². The first-order valence-electron chi connectivity index (χ1n) is 9.39. The second kappa shape index (κ2) is 8.80. The van der Waals surface area contributed by atoms with E-state index in [0.717, 1.165) is 5.56 Å². The van der Waals surface area contributed by atoms with E-state index in [9.17, 15) is 9.59 Å². The summed E-state index contributed by atoms with van der Waals surface area (Å²) in [6.45, 7) is 0.711. The van der Waals surface area contributed by atoms with Crippen molar-refractivity contribution in [1.82, 2.24) is 19.8 Å². The number of hydrogen-bond donors (Lipinski definition) is 1. The molecule has 0 bridgehead atoms. The zero-order valence-corrected chi connectivity index (χ0v) is 16.6. The molecule has 0 aliphatic carbocycles. The number of nitrogens with zero attached hydrogens (tertiary/aromatic N) is 3. The Morgan fingerprint density at radius 2 is 1.79 bits per heavy atom. The lowest BCUT2D eigenvalue weighted by Gasteiger charge is -2.23. The number of fused-ring (bicyclic) bond motifs is 1. The van der Waals surface area contributed by atoms with Crippen molar-refractivity contribution in [2.45, 2.75) is 18.9 Å². The molecule has 2 aromatic carbocycles. The highest BCUT2D eigenvalue weighted by atomic mass is 16.1. The molecule has 0 radical (unpaired) electrons. The van der Waals surface area contributed by atoms with Gasteiger partial charge in [0.05, 0.1) is 16.9 Å². The van der Waals surface area contributed by atoms with Crippen molar-refractivity contribution in [2.75, 3.05) is 20.6 Å². The molecule has 3 rings (SSSR count). The van der Waals surface area contributed by atoms with Gasteiger partial charge in [0.1, 0.15) is 5.82 Å². The van der Waals surface area contributed by atoms with Crippen molar-refractivity contribution in [3.8, 4) is 0 Å². The molecule has 0 aliphatic rings. The molecular formula is C22H26N4O2. The average molecular weight is 378 g/mol. The molecule has 3 aromatic rings. The summed E-state index contributed by atoms with van der Waals surface area (Å²) >= 11 is 0. The Morgan fingerprint density at radius 1 is 1.11 bits per heavy atom. The van der Waals surface area contributed by atoms with Gasteiger partial charge in [-0.3, -0.25) is 14.2 Å². The molecular weight excluding hydrogens is 352 g/mol. The minimum Gasteiger partial charge on any atom is -0.348 e. The predicted octanol–water partition coefficient (Wildman–Crippen LogP) is 2.29. The van der Waals surface area contributed by atoms with Crippen molar-refractivity contribution in [1.29, 1.82) is 0 Å². The van der Waals surface area contributed by atoms with E-state index in [2.05, 4.69) is 10.3 Å². The molecule has 146 valence electrons. The molecule has 0 aliphatic heterocycles. The van der Waals surface area contributed by atoms with Crippen LogP contribution in [0.25, 0.3) is 10.9 Å². The standard InChI is InChI=1S/C22H26N4O2/c1-25(2)15-19(16-9-5-4-6-10-16)24-21(27)14-13-20-23-18-12-8-7-11-17(18)22(28)26(20)3/h4-12,19H,13-15H2,1-3H3,(H,24,27)/t19-/m0/s1. The number of carbonyl (C=O) groups excluding carboxylic acids is 1. The van der Waals surface area contributed by atoms with E-state index in [-0.39, 0.29) is 23.9 Å². The summed E-state index contributed by atoms with van der Waals surface area (Å²) in [7, 11) is 5.67. The van der Waals surface area contributed by atoms with Crippen molar-refractivity contribution in [2.24, 2.45) is 7.05 Å². The lowest BCUT2D eigenvalue weighted by molar-refractivity contribution is -0.121. The topological polar surface area (TPSA) is 67.2 Å². The van der Waals surface area contributed by atoms with Gasteiger partial charge in [-0.1, -0.05) is 42.5 Å². The molecule has 1 N–H and O–H groups in total. The molecule has 0 saturated carbocycles. The van der Waals surface area contributed by atoms with Crippen LogP contribution in [-0.4, -0.2) is 41.0 Å². The summed E-state index contributed by atoms with van der Waals surface area (Å²) in [5.41, 5.74) is 1.65. The van der Waals surface area contributed by atoms with E-state index < -0.39 is 0 Å². The summed E-state index contributed by atoms with van der Waals surface area (Å²) in [6, 6.07) is 17.1. The Kier molecular flexibility index (Phi) is 6.21. The highest BCUT2D eigenvalue weighted by Crippen LogP contribution is 2.14. The number of hydrogen-bond acceptors (Lipinski definition) is 4. The van der Waals surface area contributed by atoms with Crippen LogP contribution in [0.1, 0.15) is 23.9 Å². The third-order valence-electron chi connectivity index (χ3n) is 4.74. The minimum absolute atomic E-state index is 0.0573. The van der Waals surface area contributed by atoms with Crippen molar-refractivity contribution >= 4 is 16.8 Å². The number of carbonyl (C=O) groups is 1. The Hall–Kier alpha value is -2.99. The van der Waals surface area contributed by atoms with E-state index in [1.165, 1.54) is 4.57 Å². The maximum absolute atomic E-state index is 12.6. The van der Waals surface area contributed by atoms with Crippen LogP contribution in [0.5, 0.6) is 0 Å². The first kappa shape index (κ1) is 19.8. The van der Waals surface area contributed by atoms with Gasteiger partial charge in [0, 0.05) is 26.4 Å². The monoisotopic (exact) mass is 378 g/mol. The largest absolute Gasteiger partial charge is 0.348 e. The van der Waals surface area contributed by atoms with E-state index in [1.807, 2.05) is 67.5 Å². The van der Waals surface area contributed by atoms with Crippen LogP contribution in [0.2, 0.25) is 0 Å². The minimum atomic E-state index is -0.0872. The first-order valence-corrected chi connectivity index (χ1v) is 9.39. The van der Waals surface area contributed by atoms with Crippen LogP contribution < -0.4 is 10.9 Å². The van der Waals surface area contributed by atoms with Gasteiger partial charge in [-0.15, -0.1) is 0 Å². The Bertz CT molecular complexity index is 1010. The van der Waals surface area contributed by atoms with Gasteiger partial charge < -0.3 is 10.2 Å². The quantitative estimate of drug-likeness (QED) is 0.685. The number of para-hydroxylation sites is 1. The fourth-order valence-corrected chi connectivity index (χ4v) is 3.26. The fraction of sp³-hybridized carbons (Fsp3) is 0.318. The van der Waals surface area contributed by atoms with Gasteiger partial charge in [0.25, 0.3) is 5.56 Å². The molecule has 1 amide bonds. The highest BCUT2D eigenvalue weighted by Gasteiger charge is 2.16. The molecule has 1 atom stereocenters. The number of likely N-dealkylation sites (N-methyl/N-ethyl adjacent to an activating group) is 1. The van der Waals surface area contributed by atoms with Crippen LogP contribution in [0.4, 0.5) is 0 Å². The van der Waals surface area contributed by atoms with E-state index in [1.54, 1.807) is 13.1 Å². The maximum atomic E-state index is 12.6. The van der Waals surface area contributed by atoms with Gasteiger partial charge in [0.15, 0.2) is 0 Å². The van der Waals surface area contributed by atoms with Gasteiger partial charge >= 0.3 is 0 Å². The number of benzene rings is 2. The zero-order chi connectivity index (χ0) is 20.1.